The zero-order valence-electron chi connectivity index (χ0n) is 50.1. The summed E-state index contributed by atoms with van der Waals surface area (Å²) >= 11 is 0. The zero-order valence-corrected chi connectivity index (χ0v) is 50.1. The molecule has 6 heteroatoms. The van der Waals surface area contributed by atoms with Gasteiger partial charge in [-0.1, -0.05) is 319 Å². The number of hydrogen-bond acceptors (Lipinski definition) is 6. The van der Waals surface area contributed by atoms with E-state index in [1.54, 1.807) is 0 Å². The molecule has 0 aromatic heterocycles. The minimum Gasteiger partial charge on any atom is -0.462 e. The molecule has 0 rings (SSSR count). The first-order valence-corrected chi connectivity index (χ1v) is 32.8. The Morgan fingerprint density at radius 3 is 0.813 bits per heavy atom. The maximum absolute atomic E-state index is 12.9. The number of hydrogen-bond donors (Lipinski definition) is 0. The number of rotatable bonds is 60. The highest BCUT2D eigenvalue weighted by Gasteiger charge is 2.19. The van der Waals surface area contributed by atoms with Crippen LogP contribution in [-0.2, 0) is 28.6 Å². The molecular weight excluding hydrogens is 925 g/mol. The van der Waals surface area contributed by atoms with E-state index in [4.69, 9.17) is 14.2 Å². The molecule has 0 spiro atoms. The van der Waals surface area contributed by atoms with E-state index in [0.29, 0.717) is 19.3 Å². The Morgan fingerprint density at radius 2 is 0.520 bits per heavy atom. The van der Waals surface area contributed by atoms with Gasteiger partial charge in [-0.05, 0) is 64.2 Å². The minimum atomic E-state index is -0.777. The second kappa shape index (κ2) is 63.6. The quantitative estimate of drug-likeness (QED) is 0.0261. The van der Waals surface area contributed by atoms with E-state index in [-0.39, 0.29) is 31.1 Å². The van der Waals surface area contributed by atoms with Gasteiger partial charge in [0.05, 0.1) is 0 Å². The van der Waals surface area contributed by atoms with Crippen LogP contribution in [0.4, 0.5) is 0 Å². The predicted octanol–water partition coefficient (Wildman–Crippen LogP) is 22.3. The van der Waals surface area contributed by atoms with E-state index in [0.717, 1.165) is 96.3 Å². The van der Waals surface area contributed by atoms with Crippen molar-refractivity contribution in [2.45, 2.75) is 348 Å². The molecule has 0 N–H and O–H groups in total. The van der Waals surface area contributed by atoms with Crippen molar-refractivity contribution in [2.24, 2.45) is 0 Å². The average molecular weight is 1050 g/mol. The van der Waals surface area contributed by atoms with Gasteiger partial charge in [0.1, 0.15) is 13.2 Å². The molecule has 0 saturated heterocycles. The highest BCUT2D eigenvalue weighted by atomic mass is 16.6. The number of carbonyl (C=O) groups is 3. The molecule has 0 heterocycles. The number of allylic oxidation sites excluding steroid dienone is 10. The third-order valence-electron chi connectivity index (χ3n) is 14.5. The summed E-state index contributed by atoms with van der Waals surface area (Å²) in [5.74, 6) is -0.872. The van der Waals surface area contributed by atoms with Crippen molar-refractivity contribution >= 4 is 17.9 Å². The Bertz CT molecular complexity index is 1340. The Labute approximate surface area is 466 Å². The summed E-state index contributed by atoms with van der Waals surface area (Å²) in [6.07, 6.45) is 81.1. The Hall–Kier alpha value is -2.89. The number of ether oxygens (including phenoxy) is 3. The summed E-state index contributed by atoms with van der Waals surface area (Å²) in [5, 5.41) is 0. The molecule has 6 nitrogen and oxygen atoms in total. The van der Waals surface area contributed by atoms with Crippen molar-refractivity contribution in [3.8, 4) is 0 Å². The topological polar surface area (TPSA) is 78.9 Å². The molecule has 1 unspecified atom stereocenters. The molecule has 75 heavy (non-hydrogen) atoms. The van der Waals surface area contributed by atoms with Gasteiger partial charge in [0, 0.05) is 19.3 Å². The van der Waals surface area contributed by atoms with Crippen LogP contribution in [0.5, 0.6) is 0 Å². The second-order valence-corrected chi connectivity index (χ2v) is 22.0. The minimum absolute atomic E-state index is 0.0747. The molecule has 0 bridgehead atoms. The van der Waals surface area contributed by atoms with Crippen LogP contribution in [-0.4, -0.2) is 37.2 Å². The number of unbranched alkanes of at least 4 members (excludes halogenated alkanes) is 39. The molecule has 0 aliphatic carbocycles. The largest absolute Gasteiger partial charge is 0.462 e. The first kappa shape index (κ1) is 72.1. The molecule has 0 fully saturated rings. The van der Waals surface area contributed by atoms with Crippen LogP contribution in [0.1, 0.15) is 342 Å². The van der Waals surface area contributed by atoms with Crippen molar-refractivity contribution in [1.82, 2.24) is 0 Å². The summed E-state index contributed by atoms with van der Waals surface area (Å²) < 4.78 is 16.9. The lowest BCUT2D eigenvalue weighted by Crippen LogP contribution is -2.30. The van der Waals surface area contributed by atoms with Gasteiger partial charge in [0.25, 0.3) is 0 Å². The van der Waals surface area contributed by atoms with E-state index in [2.05, 4.69) is 81.5 Å². The van der Waals surface area contributed by atoms with Gasteiger partial charge in [-0.15, -0.1) is 0 Å². The number of esters is 3. The molecule has 0 aliphatic heterocycles. The Morgan fingerprint density at radius 1 is 0.280 bits per heavy atom. The summed E-state index contributed by atoms with van der Waals surface area (Å²) in [6, 6.07) is 0. The van der Waals surface area contributed by atoms with Gasteiger partial charge in [-0.2, -0.15) is 0 Å². The fourth-order valence-electron chi connectivity index (χ4n) is 9.65. The smallest absolute Gasteiger partial charge is 0.306 e. The van der Waals surface area contributed by atoms with Gasteiger partial charge >= 0.3 is 17.9 Å². The summed E-state index contributed by atoms with van der Waals surface area (Å²) in [7, 11) is 0. The summed E-state index contributed by atoms with van der Waals surface area (Å²) in [4.78, 5) is 38.2. The van der Waals surface area contributed by atoms with Crippen LogP contribution in [0, 0.1) is 0 Å². The van der Waals surface area contributed by atoms with E-state index in [1.165, 1.54) is 205 Å². The monoisotopic (exact) mass is 1050 g/mol. The van der Waals surface area contributed by atoms with Crippen LogP contribution in [0.3, 0.4) is 0 Å². The normalized spacial score (nSPS) is 12.4. The van der Waals surface area contributed by atoms with Crippen molar-refractivity contribution in [3.63, 3.8) is 0 Å². The molecular formula is C69H124O6. The molecule has 0 aliphatic rings. The molecule has 1 atom stereocenters. The fraction of sp³-hybridized carbons (Fsp3) is 0.812. The van der Waals surface area contributed by atoms with Gasteiger partial charge in [0.15, 0.2) is 6.10 Å². The molecule has 0 amide bonds. The second-order valence-electron chi connectivity index (χ2n) is 22.0. The molecule has 436 valence electrons. The van der Waals surface area contributed by atoms with E-state index in [1.807, 2.05) is 0 Å². The Kier molecular flexibility index (Phi) is 61.2. The van der Waals surface area contributed by atoms with E-state index in [9.17, 15) is 14.4 Å². The maximum Gasteiger partial charge on any atom is 0.306 e. The van der Waals surface area contributed by atoms with Gasteiger partial charge in [-0.25, -0.2) is 0 Å². The summed E-state index contributed by atoms with van der Waals surface area (Å²) in [6.45, 7) is 6.54. The SMILES string of the molecule is CC/C=C\C/C=C\C/C=C\C/C=C\C/C=C\CCCCCCCCCC(=O)OC(COC(=O)CCCCCCCCCC)COC(=O)CCCCCCCCCCCCCCCCCCCCCCCCCCCC. The standard InChI is InChI=1S/C69H124O6/c1-4-7-10-13-16-19-21-23-25-27-29-31-33-34-35-37-38-40-42-44-46-48-50-53-56-59-62-68(71)74-65-66(64-73-67(70)61-58-55-52-18-15-12-9-6-3)75-69(72)63-60-57-54-51-49-47-45-43-41-39-36-32-30-28-26-24-22-20-17-14-11-8-5-2/h8,11,17,20,24,26,30,32,39,41,66H,4-7,9-10,12-16,18-19,21-23,25,27-29,31,33-38,40,42-65H2,1-3H3/b11-8-,20-17-,26-24-,32-30-,41-39-. The molecule has 0 saturated carbocycles. The van der Waals surface area contributed by atoms with Crippen molar-refractivity contribution in [1.29, 1.82) is 0 Å². The first-order chi connectivity index (χ1) is 37.0. The maximum atomic E-state index is 12.9. The highest BCUT2D eigenvalue weighted by Crippen LogP contribution is 2.18. The van der Waals surface area contributed by atoms with Crippen LogP contribution < -0.4 is 0 Å². The third kappa shape index (κ3) is 61.8. The van der Waals surface area contributed by atoms with Crippen molar-refractivity contribution < 1.29 is 28.6 Å². The third-order valence-corrected chi connectivity index (χ3v) is 14.5. The van der Waals surface area contributed by atoms with Crippen LogP contribution >= 0.6 is 0 Å². The first-order valence-electron chi connectivity index (χ1n) is 32.8. The predicted molar refractivity (Wildman–Crippen MR) is 325 cm³/mol. The van der Waals surface area contributed by atoms with Crippen molar-refractivity contribution in [3.05, 3.63) is 60.8 Å². The summed E-state index contributed by atoms with van der Waals surface area (Å²) in [5.41, 5.74) is 0. The Balaban J connectivity index is 4.14. The molecule has 0 aromatic carbocycles. The van der Waals surface area contributed by atoms with Gasteiger partial charge in [0.2, 0.25) is 0 Å². The van der Waals surface area contributed by atoms with Gasteiger partial charge in [-0.3, -0.25) is 14.4 Å². The van der Waals surface area contributed by atoms with E-state index < -0.39 is 6.10 Å². The van der Waals surface area contributed by atoms with E-state index >= 15 is 0 Å². The fourth-order valence-corrected chi connectivity index (χ4v) is 9.65. The zero-order chi connectivity index (χ0) is 54.3. The average Bonchev–Trinajstić information content (AvgIpc) is 3.41. The number of carbonyl (C=O) groups excluding carboxylic acids is 3. The lowest BCUT2D eigenvalue weighted by Gasteiger charge is -2.18. The van der Waals surface area contributed by atoms with Crippen LogP contribution in [0.15, 0.2) is 60.8 Å². The van der Waals surface area contributed by atoms with Crippen LogP contribution in [0.25, 0.3) is 0 Å². The lowest BCUT2D eigenvalue weighted by atomic mass is 10.0. The lowest BCUT2D eigenvalue weighted by molar-refractivity contribution is -0.167. The highest BCUT2D eigenvalue weighted by molar-refractivity contribution is 5.71. The molecule has 0 aromatic rings. The van der Waals surface area contributed by atoms with Crippen LogP contribution in [0.2, 0.25) is 0 Å². The van der Waals surface area contributed by atoms with Crippen molar-refractivity contribution in [2.75, 3.05) is 13.2 Å². The van der Waals surface area contributed by atoms with Gasteiger partial charge < -0.3 is 14.2 Å². The molecule has 0 radical (unpaired) electrons.